The normalized spacial score (nSPS) is 19.0. The zero-order valence-electron chi connectivity index (χ0n) is 16.7. The van der Waals surface area contributed by atoms with Gasteiger partial charge in [-0.05, 0) is 60.4 Å². The summed E-state index contributed by atoms with van der Waals surface area (Å²) in [4.78, 5) is 24.6. The maximum absolute atomic E-state index is 13.5. The molecule has 148 valence electrons. The molecule has 1 aliphatic heterocycles. The Morgan fingerprint density at radius 3 is 2.72 bits per heavy atom. The number of likely N-dealkylation sites (tertiary alicyclic amines) is 1. The van der Waals surface area contributed by atoms with Crippen molar-refractivity contribution >= 4 is 28.3 Å². The number of Topliss-reactive ketones (excluding diaryl/α,β-unsaturated/α-hetero) is 1. The summed E-state index contributed by atoms with van der Waals surface area (Å²) in [7, 11) is 0. The summed E-state index contributed by atoms with van der Waals surface area (Å²) in [6.07, 6.45) is 10.0. The lowest BCUT2D eigenvalue weighted by atomic mass is 9.87. The fraction of sp³-hybridized carbons (Fsp3) is 0.375. The van der Waals surface area contributed by atoms with E-state index in [0.29, 0.717) is 5.78 Å². The number of rotatable bonds is 5. The van der Waals surface area contributed by atoms with E-state index in [4.69, 9.17) is 0 Å². The average molecular weight is 404 g/mol. The van der Waals surface area contributed by atoms with Crippen molar-refractivity contribution in [3.8, 4) is 0 Å². The van der Waals surface area contributed by atoms with Crippen LogP contribution in [-0.4, -0.2) is 40.0 Å². The monoisotopic (exact) mass is 403 g/mol. The molecule has 3 aromatic rings. The van der Waals surface area contributed by atoms with E-state index in [2.05, 4.69) is 45.2 Å². The average Bonchev–Trinajstić information content (AvgIpc) is 3.19. The number of carbonyl (C=O) groups is 1. The number of ketones is 1. The van der Waals surface area contributed by atoms with E-state index >= 15 is 0 Å². The molecule has 0 bridgehead atoms. The number of carbonyl (C=O) groups excluding carboxylic acids is 1. The van der Waals surface area contributed by atoms with Crippen molar-refractivity contribution in [2.24, 2.45) is 5.92 Å². The van der Waals surface area contributed by atoms with Gasteiger partial charge in [0.2, 0.25) is 0 Å². The van der Waals surface area contributed by atoms with Gasteiger partial charge in [0, 0.05) is 42.5 Å². The summed E-state index contributed by atoms with van der Waals surface area (Å²) >= 11 is 1.55. The predicted molar refractivity (Wildman–Crippen MR) is 118 cm³/mol. The number of piperidine rings is 1. The van der Waals surface area contributed by atoms with Crippen LogP contribution in [0.4, 0.5) is 0 Å². The molecule has 5 heteroatoms. The Labute approximate surface area is 175 Å². The van der Waals surface area contributed by atoms with E-state index in [1.807, 2.05) is 18.6 Å². The highest BCUT2D eigenvalue weighted by Crippen LogP contribution is 2.34. The second-order valence-electron chi connectivity index (χ2n) is 8.13. The number of aryl methyl sites for hydroxylation is 2. The van der Waals surface area contributed by atoms with Crippen LogP contribution in [0.2, 0.25) is 0 Å². The van der Waals surface area contributed by atoms with Gasteiger partial charge in [-0.2, -0.15) is 0 Å². The molecule has 0 saturated carbocycles. The molecule has 1 atom stereocenters. The van der Waals surface area contributed by atoms with Gasteiger partial charge in [-0.1, -0.05) is 42.1 Å². The van der Waals surface area contributed by atoms with E-state index < -0.39 is 0 Å². The van der Waals surface area contributed by atoms with Crippen LogP contribution in [0.3, 0.4) is 0 Å². The third-order valence-corrected chi connectivity index (χ3v) is 6.87. The molecular formula is C24H25N3OS. The topological polar surface area (TPSA) is 46.1 Å². The van der Waals surface area contributed by atoms with Gasteiger partial charge in [-0.25, -0.2) is 9.97 Å². The molecule has 2 heterocycles. The SMILES string of the molecule is CSc1ncc(CN2CCC[C@@H](C(=O)c3ccc4c5c(cccc35)CC4)C2)cn1. The molecule has 0 spiro atoms. The molecule has 0 N–H and O–H groups in total. The first-order valence-electron chi connectivity index (χ1n) is 10.4. The number of nitrogens with zero attached hydrogens (tertiary/aromatic N) is 3. The lowest BCUT2D eigenvalue weighted by Gasteiger charge is -2.32. The molecule has 0 amide bonds. The molecule has 1 fully saturated rings. The Kier molecular flexibility index (Phi) is 5.10. The van der Waals surface area contributed by atoms with Crippen molar-refractivity contribution < 1.29 is 4.79 Å². The minimum Gasteiger partial charge on any atom is -0.298 e. The van der Waals surface area contributed by atoms with Gasteiger partial charge in [0.1, 0.15) is 0 Å². The largest absolute Gasteiger partial charge is 0.298 e. The highest BCUT2D eigenvalue weighted by atomic mass is 32.2. The highest BCUT2D eigenvalue weighted by Gasteiger charge is 2.28. The van der Waals surface area contributed by atoms with E-state index in [0.717, 1.165) is 67.0 Å². The fourth-order valence-corrected chi connectivity index (χ4v) is 5.20. The molecule has 1 aliphatic carbocycles. The molecule has 1 aromatic heterocycles. The van der Waals surface area contributed by atoms with Gasteiger partial charge in [-0.15, -0.1) is 0 Å². The Bertz CT molecular complexity index is 1050. The van der Waals surface area contributed by atoms with Gasteiger partial charge in [0.05, 0.1) is 0 Å². The van der Waals surface area contributed by atoms with Crippen molar-refractivity contribution in [2.45, 2.75) is 37.4 Å². The summed E-state index contributed by atoms with van der Waals surface area (Å²) < 4.78 is 0. The first-order valence-corrected chi connectivity index (χ1v) is 11.6. The fourth-order valence-electron chi connectivity index (χ4n) is 4.88. The van der Waals surface area contributed by atoms with Gasteiger partial charge in [-0.3, -0.25) is 9.69 Å². The quantitative estimate of drug-likeness (QED) is 0.355. The van der Waals surface area contributed by atoms with E-state index in [1.165, 1.54) is 16.5 Å². The number of benzene rings is 2. The Hall–Kier alpha value is -2.24. The zero-order chi connectivity index (χ0) is 19.8. The van der Waals surface area contributed by atoms with E-state index in [1.54, 1.807) is 11.8 Å². The Morgan fingerprint density at radius 1 is 1.14 bits per heavy atom. The van der Waals surface area contributed by atoms with Crippen molar-refractivity contribution in [1.29, 1.82) is 0 Å². The highest BCUT2D eigenvalue weighted by molar-refractivity contribution is 7.98. The number of thioether (sulfide) groups is 1. The van der Waals surface area contributed by atoms with E-state index in [-0.39, 0.29) is 5.92 Å². The van der Waals surface area contributed by atoms with Crippen molar-refractivity contribution in [3.63, 3.8) is 0 Å². The van der Waals surface area contributed by atoms with Crippen LogP contribution < -0.4 is 0 Å². The van der Waals surface area contributed by atoms with Gasteiger partial charge < -0.3 is 0 Å². The van der Waals surface area contributed by atoms with Gasteiger partial charge >= 0.3 is 0 Å². The van der Waals surface area contributed by atoms with Crippen molar-refractivity contribution in [2.75, 3.05) is 19.3 Å². The van der Waals surface area contributed by atoms with Gasteiger partial charge in [0.15, 0.2) is 10.9 Å². The molecular weight excluding hydrogens is 378 g/mol. The summed E-state index contributed by atoms with van der Waals surface area (Å²) in [6.45, 7) is 2.65. The molecule has 0 radical (unpaired) electrons. The number of hydrogen-bond acceptors (Lipinski definition) is 5. The van der Waals surface area contributed by atoms with Crippen LogP contribution in [0.1, 0.15) is 39.9 Å². The standard InChI is InChI=1S/C24H25N3OS/c1-29-24-25-12-16(13-26-24)14-27-11-3-5-19(15-27)23(28)21-10-9-18-8-7-17-4-2-6-20(21)22(17)18/h2,4,6,9-10,12-13,19H,3,5,7-8,11,14-15H2,1H3/t19-/m1/s1. The minimum absolute atomic E-state index is 0.0635. The smallest absolute Gasteiger partial charge is 0.187 e. The molecule has 2 aliphatic rings. The molecule has 29 heavy (non-hydrogen) atoms. The minimum atomic E-state index is 0.0635. The first kappa shape index (κ1) is 18.8. The van der Waals surface area contributed by atoms with Crippen LogP contribution in [0.25, 0.3) is 10.8 Å². The lowest BCUT2D eigenvalue weighted by molar-refractivity contribution is 0.0813. The predicted octanol–water partition coefficient (Wildman–Crippen LogP) is 4.55. The second-order valence-corrected chi connectivity index (χ2v) is 8.90. The first-order chi connectivity index (χ1) is 14.2. The molecule has 0 unspecified atom stereocenters. The summed E-state index contributed by atoms with van der Waals surface area (Å²) in [5.74, 6) is 0.368. The zero-order valence-corrected chi connectivity index (χ0v) is 17.5. The summed E-state index contributed by atoms with van der Waals surface area (Å²) in [6, 6.07) is 10.7. The maximum Gasteiger partial charge on any atom is 0.187 e. The molecule has 2 aromatic carbocycles. The van der Waals surface area contributed by atoms with Crippen LogP contribution in [0, 0.1) is 5.92 Å². The maximum atomic E-state index is 13.5. The molecule has 4 nitrogen and oxygen atoms in total. The third kappa shape index (κ3) is 3.58. The summed E-state index contributed by atoms with van der Waals surface area (Å²) in [5, 5.41) is 3.28. The van der Waals surface area contributed by atoms with Crippen LogP contribution >= 0.6 is 11.8 Å². The van der Waals surface area contributed by atoms with Crippen LogP contribution in [-0.2, 0) is 19.4 Å². The Balaban J connectivity index is 1.36. The number of aromatic nitrogens is 2. The lowest BCUT2D eigenvalue weighted by Crippen LogP contribution is -2.38. The Morgan fingerprint density at radius 2 is 1.93 bits per heavy atom. The third-order valence-electron chi connectivity index (χ3n) is 6.29. The molecule has 1 saturated heterocycles. The van der Waals surface area contributed by atoms with Crippen molar-refractivity contribution in [3.05, 3.63) is 65.0 Å². The van der Waals surface area contributed by atoms with Crippen molar-refractivity contribution in [1.82, 2.24) is 14.9 Å². The van der Waals surface area contributed by atoms with Crippen LogP contribution in [0.15, 0.2) is 47.9 Å². The molecule has 5 rings (SSSR count). The number of hydrogen-bond donors (Lipinski definition) is 0. The van der Waals surface area contributed by atoms with E-state index in [9.17, 15) is 4.79 Å². The van der Waals surface area contributed by atoms with Gasteiger partial charge in [0.25, 0.3) is 0 Å². The summed E-state index contributed by atoms with van der Waals surface area (Å²) in [5.41, 5.74) is 4.81. The van der Waals surface area contributed by atoms with Crippen LogP contribution in [0.5, 0.6) is 0 Å². The second kappa shape index (κ2) is 7.88.